The Balaban J connectivity index is 2.06. The minimum atomic E-state index is 0.221. The lowest BCUT2D eigenvalue weighted by Crippen LogP contribution is -2.18. The number of rotatable bonds is 5. The van der Waals surface area contributed by atoms with Gasteiger partial charge in [0, 0.05) is 18.3 Å². The van der Waals surface area contributed by atoms with Crippen molar-refractivity contribution in [3.63, 3.8) is 0 Å². The molecule has 0 saturated heterocycles. The summed E-state index contributed by atoms with van der Waals surface area (Å²) < 4.78 is 2.17. The summed E-state index contributed by atoms with van der Waals surface area (Å²) >= 11 is 0. The molecule has 1 aliphatic rings. The van der Waals surface area contributed by atoms with Crippen molar-refractivity contribution in [2.45, 2.75) is 59.0 Å². The second-order valence-corrected chi connectivity index (χ2v) is 5.29. The molecule has 2 N–H and O–H groups in total. The van der Waals surface area contributed by atoms with Gasteiger partial charge in [0.05, 0.1) is 5.69 Å². The van der Waals surface area contributed by atoms with Crippen LogP contribution >= 0.6 is 0 Å². The highest BCUT2D eigenvalue weighted by Crippen LogP contribution is 2.33. The topological polar surface area (TPSA) is 43.8 Å². The van der Waals surface area contributed by atoms with Gasteiger partial charge in [-0.05, 0) is 45.1 Å². The van der Waals surface area contributed by atoms with Crippen LogP contribution in [0, 0.1) is 19.8 Å². The molecular formula is C13H23N3. The second-order valence-electron chi connectivity index (χ2n) is 5.29. The quantitative estimate of drug-likeness (QED) is 0.828. The first-order chi connectivity index (χ1) is 7.58. The van der Waals surface area contributed by atoms with Crippen molar-refractivity contribution >= 4 is 0 Å². The van der Waals surface area contributed by atoms with E-state index in [9.17, 15) is 0 Å². The third-order valence-corrected chi connectivity index (χ3v) is 3.50. The molecule has 0 amide bonds. The Morgan fingerprint density at radius 2 is 2.12 bits per heavy atom. The molecule has 1 fully saturated rings. The number of aryl methyl sites for hydroxylation is 2. The number of nitrogens with zero attached hydrogens (tertiary/aromatic N) is 2. The summed E-state index contributed by atoms with van der Waals surface area (Å²) in [6.45, 7) is 7.40. The fourth-order valence-corrected chi connectivity index (χ4v) is 2.28. The maximum Gasteiger partial charge on any atom is 0.0629 e. The predicted octanol–water partition coefficient (Wildman–Crippen LogP) is 2.19. The Kier molecular flexibility index (Phi) is 3.33. The van der Waals surface area contributed by atoms with Crippen LogP contribution in [0.2, 0.25) is 0 Å². The van der Waals surface area contributed by atoms with Crippen molar-refractivity contribution in [2.75, 3.05) is 0 Å². The van der Waals surface area contributed by atoms with Gasteiger partial charge in [-0.1, -0.05) is 12.8 Å². The minimum Gasteiger partial charge on any atom is -0.328 e. The van der Waals surface area contributed by atoms with E-state index >= 15 is 0 Å². The smallest absolute Gasteiger partial charge is 0.0629 e. The van der Waals surface area contributed by atoms with Gasteiger partial charge >= 0.3 is 0 Å². The summed E-state index contributed by atoms with van der Waals surface area (Å²) in [5, 5.41) is 4.62. The Hall–Kier alpha value is -0.830. The van der Waals surface area contributed by atoms with Gasteiger partial charge in [0.25, 0.3) is 0 Å². The Morgan fingerprint density at radius 1 is 1.44 bits per heavy atom. The molecule has 90 valence electrons. The third-order valence-electron chi connectivity index (χ3n) is 3.50. The Labute approximate surface area is 98.0 Å². The maximum atomic E-state index is 5.87. The van der Waals surface area contributed by atoms with E-state index in [-0.39, 0.29) is 6.04 Å². The maximum absolute atomic E-state index is 5.87. The largest absolute Gasteiger partial charge is 0.328 e. The number of hydrogen-bond acceptors (Lipinski definition) is 2. The lowest BCUT2D eigenvalue weighted by atomic mass is 10.1. The first-order valence-electron chi connectivity index (χ1n) is 6.36. The average molecular weight is 221 g/mol. The van der Waals surface area contributed by atoms with Crippen LogP contribution < -0.4 is 5.73 Å². The molecule has 1 heterocycles. The fraction of sp³-hybridized carbons (Fsp3) is 0.769. The van der Waals surface area contributed by atoms with Crippen molar-refractivity contribution in [2.24, 2.45) is 11.7 Å². The number of nitrogens with two attached hydrogens (primary N) is 1. The van der Waals surface area contributed by atoms with Crippen molar-refractivity contribution in [3.8, 4) is 0 Å². The molecule has 16 heavy (non-hydrogen) atoms. The molecule has 3 nitrogen and oxygen atoms in total. The zero-order valence-electron chi connectivity index (χ0n) is 10.7. The Bertz CT molecular complexity index is 361. The molecule has 1 atom stereocenters. The summed E-state index contributed by atoms with van der Waals surface area (Å²) in [6.07, 6.45) is 5.08. The first-order valence-corrected chi connectivity index (χ1v) is 6.36. The molecule has 1 saturated carbocycles. The molecule has 0 radical (unpaired) electrons. The van der Waals surface area contributed by atoms with Gasteiger partial charge < -0.3 is 5.73 Å². The van der Waals surface area contributed by atoms with E-state index in [4.69, 9.17) is 5.73 Å². The van der Waals surface area contributed by atoms with E-state index in [1.165, 1.54) is 30.5 Å². The number of hydrogen-bond donors (Lipinski definition) is 1. The van der Waals surface area contributed by atoms with Gasteiger partial charge in [-0.25, -0.2) is 0 Å². The molecule has 0 aliphatic heterocycles. The normalized spacial score (nSPS) is 17.8. The van der Waals surface area contributed by atoms with E-state index in [0.29, 0.717) is 0 Å². The zero-order chi connectivity index (χ0) is 11.7. The minimum absolute atomic E-state index is 0.221. The second kappa shape index (κ2) is 4.58. The molecule has 1 aromatic heterocycles. The molecule has 3 heteroatoms. The van der Waals surface area contributed by atoms with Crippen LogP contribution in [0.4, 0.5) is 0 Å². The highest BCUT2D eigenvalue weighted by atomic mass is 15.3. The summed E-state index contributed by atoms with van der Waals surface area (Å²) in [5.74, 6) is 0.973. The molecule has 0 aromatic carbocycles. The molecule has 1 aliphatic carbocycles. The van der Waals surface area contributed by atoms with Crippen LogP contribution in [0.5, 0.6) is 0 Å². The van der Waals surface area contributed by atoms with Gasteiger partial charge in [0.2, 0.25) is 0 Å². The van der Waals surface area contributed by atoms with Gasteiger partial charge in [0.15, 0.2) is 0 Å². The van der Waals surface area contributed by atoms with Crippen molar-refractivity contribution in [1.82, 2.24) is 9.78 Å². The standard InChI is InChI=1S/C13H23N3/c1-9(14)8-13-10(2)15-16(11(13)3)7-6-12-4-5-12/h9,12H,4-8,14H2,1-3H3. The predicted molar refractivity (Wildman–Crippen MR) is 66.4 cm³/mol. The van der Waals surface area contributed by atoms with Crippen molar-refractivity contribution < 1.29 is 0 Å². The van der Waals surface area contributed by atoms with Crippen molar-refractivity contribution in [3.05, 3.63) is 17.0 Å². The van der Waals surface area contributed by atoms with Gasteiger partial charge in [-0.2, -0.15) is 5.10 Å². The van der Waals surface area contributed by atoms with E-state index in [2.05, 4.69) is 30.6 Å². The lowest BCUT2D eigenvalue weighted by Gasteiger charge is -2.07. The molecule has 0 bridgehead atoms. The van der Waals surface area contributed by atoms with E-state index in [0.717, 1.165) is 24.6 Å². The summed E-state index contributed by atoms with van der Waals surface area (Å²) in [5.41, 5.74) is 9.69. The summed E-state index contributed by atoms with van der Waals surface area (Å²) in [4.78, 5) is 0. The van der Waals surface area contributed by atoms with Crippen LogP contribution in [0.15, 0.2) is 0 Å². The van der Waals surface area contributed by atoms with Gasteiger partial charge in [-0.15, -0.1) is 0 Å². The molecule has 1 aromatic rings. The first kappa shape index (κ1) is 11.6. The highest BCUT2D eigenvalue weighted by molar-refractivity contribution is 5.25. The molecule has 1 unspecified atom stereocenters. The molecular weight excluding hydrogens is 198 g/mol. The molecule has 0 spiro atoms. The van der Waals surface area contributed by atoms with Gasteiger partial charge in [-0.3, -0.25) is 4.68 Å². The van der Waals surface area contributed by atoms with Crippen LogP contribution in [0.3, 0.4) is 0 Å². The van der Waals surface area contributed by atoms with E-state index in [1.807, 2.05) is 0 Å². The van der Waals surface area contributed by atoms with Gasteiger partial charge in [0.1, 0.15) is 0 Å². The van der Waals surface area contributed by atoms with Crippen molar-refractivity contribution in [1.29, 1.82) is 0 Å². The summed E-state index contributed by atoms with van der Waals surface area (Å²) in [7, 11) is 0. The zero-order valence-corrected chi connectivity index (χ0v) is 10.7. The fourth-order valence-electron chi connectivity index (χ4n) is 2.28. The average Bonchev–Trinajstić information content (AvgIpc) is 2.99. The summed E-state index contributed by atoms with van der Waals surface area (Å²) in [6, 6.07) is 0.221. The lowest BCUT2D eigenvalue weighted by molar-refractivity contribution is 0.532. The van der Waals surface area contributed by atoms with Crippen LogP contribution in [0.25, 0.3) is 0 Å². The highest BCUT2D eigenvalue weighted by Gasteiger charge is 2.21. The van der Waals surface area contributed by atoms with E-state index < -0.39 is 0 Å². The van der Waals surface area contributed by atoms with Crippen LogP contribution in [0.1, 0.15) is 43.1 Å². The molecule has 2 rings (SSSR count). The van der Waals surface area contributed by atoms with E-state index in [1.54, 1.807) is 0 Å². The van der Waals surface area contributed by atoms with Crippen LogP contribution in [-0.4, -0.2) is 15.8 Å². The number of aromatic nitrogens is 2. The SMILES string of the molecule is Cc1nn(CCC2CC2)c(C)c1CC(C)N. The third kappa shape index (κ3) is 2.64. The Morgan fingerprint density at radius 3 is 2.69 bits per heavy atom. The monoisotopic (exact) mass is 221 g/mol. The van der Waals surface area contributed by atoms with Crippen LogP contribution in [-0.2, 0) is 13.0 Å².